The Morgan fingerprint density at radius 2 is 1.24 bits per heavy atom. The summed E-state index contributed by atoms with van der Waals surface area (Å²) in [6, 6.07) is 0. The van der Waals surface area contributed by atoms with Gasteiger partial charge in [-0.05, 0) is 115 Å². The first kappa shape index (κ1) is 39.2. The molecule has 0 amide bonds. The van der Waals surface area contributed by atoms with Crippen molar-refractivity contribution < 1.29 is 38.0 Å². The molecule has 3 saturated heterocycles. The van der Waals surface area contributed by atoms with Crippen molar-refractivity contribution >= 4 is 5.97 Å². The minimum absolute atomic E-state index is 0.152. The van der Waals surface area contributed by atoms with E-state index in [4.69, 9.17) is 33.2 Å². The molecule has 49 heavy (non-hydrogen) atoms. The van der Waals surface area contributed by atoms with Crippen LogP contribution in [-0.2, 0) is 38.0 Å². The lowest BCUT2D eigenvalue weighted by molar-refractivity contribution is -0.388. The molecule has 5 fully saturated rings. The van der Waals surface area contributed by atoms with Crippen molar-refractivity contribution in [1.82, 2.24) is 0 Å². The van der Waals surface area contributed by atoms with Crippen LogP contribution in [0.5, 0.6) is 0 Å². The van der Waals surface area contributed by atoms with Gasteiger partial charge in [0, 0.05) is 19.8 Å². The first-order chi connectivity index (χ1) is 24.2. The molecule has 8 nitrogen and oxygen atoms in total. The molecule has 0 aromatic rings. The molecular weight excluding hydrogens is 620 g/mol. The number of allylic oxidation sites excluding steroid dienone is 1. The molecule has 3 aliphatic heterocycles. The zero-order valence-electron chi connectivity index (χ0n) is 31.0. The smallest absolute Gasteiger partial charge is 0.370 e. The highest BCUT2D eigenvalue weighted by Gasteiger charge is 2.56. The second kappa shape index (κ2) is 22.1. The summed E-state index contributed by atoms with van der Waals surface area (Å²) in [5, 5.41) is 0. The minimum Gasteiger partial charge on any atom is -0.458 e. The maximum absolute atomic E-state index is 14.7. The quantitative estimate of drug-likeness (QED) is 0.0540. The summed E-state index contributed by atoms with van der Waals surface area (Å²) in [6.07, 6.45) is 30.1. The molecule has 5 aliphatic rings. The Labute approximate surface area is 298 Å². The average Bonchev–Trinajstić information content (AvgIpc) is 3.59. The van der Waals surface area contributed by atoms with Crippen molar-refractivity contribution in [3.05, 3.63) is 12.2 Å². The Morgan fingerprint density at radius 1 is 0.653 bits per heavy atom. The van der Waals surface area contributed by atoms with Crippen LogP contribution in [0.3, 0.4) is 0 Å². The van der Waals surface area contributed by atoms with E-state index in [2.05, 4.69) is 19.1 Å². The third-order valence-corrected chi connectivity index (χ3v) is 11.6. The molecule has 4 unspecified atom stereocenters. The van der Waals surface area contributed by atoms with Crippen molar-refractivity contribution in [2.24, 2.45) is 11.8 Å². The summed E-state index contributed by atoms with van der Waals surface area (Å²) in [6.45, 7) is 4.12. The van der Waals surface area contributed by atoms with Gasteiger partial charge in [0.1, 0.15) is 12.2 Å². The molecule has 6 atom stereocenters. The predicted octanol–water partition coefficient (Wildman–Crippen LogP) is 10.1. The van der Waals surface area contributed by atoms with Gasteiger partial charge in [-0.1, -0.05) is 83.3 Å². The molecule has 0 aromatic carbocycles. The van der Waals surface area contributed by atoms with Crippen molar-refractivity contribution in [3.8, 4) is 0 Å². The fraction of sp³-hybridized carbons (Fsp3) is 0.927. The number of rotatable bonds is 20. The number of hydrogen-bond donors (Lipinski definition) is 0. The van der Waals surface area contributed by atoms with E-state index in [1.165, 1.54) is 70.6 Å². The number of hydrogen-bond acceptors (Lipinski definition) is 8. The van der Waals surface area contributed by atoms with Crippen LogP contribution in [0.15, 0.2) is 12.2 Å². The third kappa shape index (κ3) is 12.9. The summed E-state index contributed by atoms with van der Waals surface area (Å²) in [7, 11) is 0. The highest BCUT2D eigenvalue weighted by molar-refractivity contribution is 5.79. The van der Waals surface area contributed by atoms with Crippen LogP contribution in [0.2, 0.25) is 0 Å². The Morgan fingerprint density at radius 3 is 1.88 bits per heavy atom. The molecule has 0 spiro atoms. The normalized spacial score (nSPS) is 30.7. The first-order valence-corrected chi connectivity index (χ1v) is 20.9. The van der Waals surface area contributed by atoms with Crippen LogP contribution < -0.4 is 0 Å². The van der Waals surface area contributed by atoms with Crippen LogP contribution in [0.25, 0.3) is 0 Å². The first-order valence-electron chi connectivity index (χ1n) is 20.9. The van der Waals surface area contributed by atoms with Crippen molar-refractivity contribution in [2.75, 3.05) is 19.8 Å². The van der Waals surface area contributed by atoms with E-state index in [1.807, 2.05) is 0 Å². The van der Waals surface area contributed by atoms with Gasteiger partial charge in [0.2, 0.25) is 0 Å². The van der Waals surface area contributed by atoms with Gasteiger partial charge in [-0.2, -0.15) is 0 Å². The van der Waals surface area contributed by atoms with Crippen LogP contribution in [-0.4, -0.2) is 62.7 Å². The van der Waals surface area contributed by atoms with Gasteiger partial charge >= 0.3 is 11.8 Å². The summed E-state index contributed by atoms with van der Waals surface area (Å²) in [4.78, 5) is 14.7. The van der Waals surface area contributed by atoms with Crippen molar-refractivity contribution in [1.29, 1.82) is 0 Å². The van der Waals surface area contributed by atoms with E-state index in [1.54, 1.807) is 0 Å². The van der Waals surface area contributed by atoms with Gasteiger partial charge < -0.3 is 33.2 Å². The maximum Gasteiger partial charge on any atom is 0.370 e. The van der Waals surface area contributed by atoms with Crippen LogP contribution in [0.4, 0.5) is 0 Å². The highest BCUT2D eigenvalue weighted by atomic mass is 16.8. The number of esters is 1. The Balaban J connectivity index is 1.34. The second-order valence-corrected chi connectivity index (χ2v) is 15.5. The fourth-order valence-corrected chi connectivity index (χ4v) is 8.61. The Kier molecular flexibility index (Phi) is 17.7. The van der Waals surface area contributed by atoms with E-state index in [9.17, 15) is 4.79 Å². The predicted molar refractivity (Wildman–Crippen MR) is 191 cm³/mol. The molecule has 5 rings (SSSR count). The molecule has 0 radical (unpaired) electrons. The minimum atomic E-state index is -1.83. The van der Waals surface area contributed by atoms with Gasteiger partial charge in [-0.3, -0.25) is 0 Å². The lowest BCUT2D eigenvalue weighted by atomic mass is 9.88. The molecule has 0 N–H and O–H groups in total. The molecule has 3 heterocycles. The summed E-state index contributed by atoms with van der Waals surface area (Å²) in [5.74, 6) is -0.790. The number of unbranched alkanes of at least 4 members (excludes halogenated alkanes) is 5. The lowest BCUT2D eigenvalue weighted by Gasteiger charge is -2.44. The fourth-order valence-electron chi connectivity index (χ4n) is 8.61. The van der Waals surface area contributed by atoms with Crippen LogP contribution in [0, 0.1) is 11.8 Å². The summed E-state index contributed by atoms with van der Waals surface area (Å²) in [5.41, 5.74) is 0. The third-order valence-electron chi connectivity index (χ3n) is 11.6. The Hall–Kier alpha value is -1.03. The summed E-state index contributed by atoms with van der Waals surface area (Å²) >= 11 is 0. The van der Waals surface area contributed by atoms with Gasteiger partial charge in [0.25, 0.3) is 0 Å². The SMILES string of the molecule is CCCCCCCC[C@H]1CCC[C@@H]1CC=CCC(OC1CCCCO1)C(OC1CCCCO1)(OC1CCCCO1)C(=O)OC1CCCCC1. The zero-order chi connectivity index (χ0) is 34.0. The molecular formula is C41H70O8. The molecule has 282 valence electrons. The number of ether oxygens (including phenoxy) is 7. The molecule has 2 aliphatic carbocycles. The monoisotopic (exact) mass is 691 g/mol. The van der Waals surface area contributed by atoms with Crippen LogP contribution >= 0.6 is 0 Å². The van der Waals surface area contributed by atoms with E-state index < -0.39 is 36.7 Å². The van der Waals surface area contributed by atoms with Crippen molar-refractivity contribution in [3.63, 3.8) is 0 Å². The van der Waals surface area contributed by atoms with Crippen molar-refractivity contribution in [2.45, 2.75) is 211 Å². The lowest BCUT2D eigenvalue weighted by Crippen LogP contribution is -2.61. The van der Waals surface area contributed by atoms with Crippen LogP contribution in [0.1, 0.15) is 174 Å². The van der Waals surface area contributed by atoms with E-state index in [-0.39, 0.29) is 6.10 Å². The standard InChI is InChI=1S/C41H70O8/c1-2-3-4-5-6-8-20-33-22-19-23-34(33)21-11-12-26-36(47-37-27-13-16-30-43-37)41(48-38-28-14-17-31-44-38,49-39-29-15-18-32-45-39)40(42)46-35-24-9-7-10-25-35/h11-12,33-39H,2-10,13-32H2,1H3/t33-,34-,36?,37?,38?,39?,41?/m0/s1. The van der Waals surface area contributed by atoms with Gasteiger partial charge in [0.05, 0.1) is 0 Å². The van der Waals surface area contributed by atoms with Gasteiger partial charge in [-0.15, -0.1) is 0 Å². The number of carbonyl (C=O) groups is 1. The van der Waals surface area contributed by atoms with Gasteiger partial charge in [0.15, 0.2) is 18.9 Å². The molecule has 0 aromatic heterocycles. The largest absolute Gasteiger partial charge is 0.458 e. The maximum atomic E-state index is 14.7. The second-order valence-electron chi connectivity index (χ2n) is 15.5. The van der Waals surface area contributed by atoms with Gasteiger partial charge in [-0.25, -0.2) is 4.79 Å². The molecule has 0 bridgehead atoms. The van der Waals surface area contributed by atoms with E-state index in [0.717, 1.165) is 88.9 Å². The van der Waals surface area contributed by atoms with E-state index in [0.29, 0.717) is 39.1 Å². The Bertz CT molecular complexity index is 896. The zero-order valence-corrected chi connectivity index (χ0v) is 31.0. The molecule has 8 heteroatoms. The molecule has 2 saturated carbocycles. The van der Waals surface area contributed by atoms with E-state index >= 15 is 0 Å². The number of carbonyl (C=O) groups excluding carboxylic acids is 1. The summed E-state index contributed by atoms with van der Waals surface area (Å²) < 4.78 is 45.1. The topological polar surface area (TPSA) is 81.7 Å². The highest BCUT2D eigenvalue weighted by Crippen LogP contribution is 2.39. The average molecular weight is 691 g/mol.